The average molecular weight is 324 g/mol. The Bertz CT molecular complexity index is 393. The van der Waals surface area contributed by atoms with Gasteiger partial charge in [-0.2, -0.15) is 13.2 Å². The lowest BCUT2D eigenvalue weighted by Crippen LogP contribution is -2.14. The SMILES string of the molecule is FC(F)c1c(Cl)ncc(CBr)c1C(F)(F)F. The summed E-state index contributed by atoms with van der Waals surface area (Å²) in [6.07, 6.45) is -7.39. The molecule has 1 heterocycles. The van der Waals surface area contributed by atoms with Gasteiger partial charge in [-0.3, -0.25) is 0 Å². The highest BCUT2D eigenvalue weighted by Crippen LogP contribution is 2.41. The summed E-state index contributed by atoms with van der Waals surface area (Å²) in [5.74, 6) is 0. The zero-order valence-electron chi connectivity index (χ0n) is 7.45. The number of pyridine rings is 1. The lowest BCUT2D eigenvalue weighted by molar-refractivity contribution is -0.140. The molecule has 1 aromatic heterocycles. The molecule has 0 amide bonds. The maximum absolute atomic E-state index is 12.6. The van der Waals surface area contributed by atoms with Gasteiger partial charge >= 0.3 is 6.18 Å². The molecule has 0 aliphatic carbocycles. The van der Waals surface area contributed by atoms with Gasteiger partial charge in [-0.05, 0) is 5.56 Å². The van der Waals surface area contributed by atoms with Crippen LogP contribution in [0, 0.1) is 0 Å². The number of hydrogen-bond donors (Lipinski definition) is 0. The second-order valence-electron chi connectivity index (χ2n) is 2.80. The second-order valence-corrected chi connectivity index (χ2v) is 3.71. The first-order valence-corrected chi connectivity index (χ1v) is 5.37. The largest absolute Gasteiger partial charge is 0.417 e. The van der Waals surface area contributed by atoms with Crippen molar-refractivity contribution >= 4 is 27.5 Å². The van der Waals surface area contributed by atoms with Crippen molar-refractivity contribution in [3.8, 4) is 0 Å². The third-order valence-corrected chi connectivity index (χ3v) is 2.70. The molecule has 0 aromatic carbocycles. The molecule has 0 fully saturated rings. The van der Waals surface area contributed by atoms with Crippen LogP contribution in [0.15, 0.2) is 6.20 Å². The van der Waals surface area contributed by atoms with Crippen molar-refractivity contribution in [2.24, 2.45) is 0 Å². The summed E-state index contributed by atoms with van der Waals surface area (Å²) in [7, 11) is 0. The minimum atomic E-state index is -4.89. The minimum Gasteiger partial charge on any atom is -0.244 e. The van der Waals surface area contributed by atoms with E-state index in [0.717, 1.165) is 6.20 Å². The van der Waals surface area contributed by atoms with Crippen molar-refractivity contribution in [2.75, 3.05) is 0 Å². The monoisotopic (exact) mass is 323 g/mol. The van der Waals surface area contributed by atoms with Crippen LogP contribution in [0.25, 0.3) is 0 Å². The molecule has 1 rings (SSSR count). The van der Waals surface area contributed by atoms with E-state index in [4.69, 9.17) is 11.6 Å². The van der Waals surface area contributed by atoms with E-state index in [1.54, 1.807) is 0 Å². The zero-order valence-corrected chi connectivity index (χ0v) is 9.80. The summed E-state index contributed by atoms with van der Waals surface area (Å²) in [5, 5.41) is -1.06. The van der Waals surface area contributed by atoms with Crippen molar-refractivity contribution in [3.63, 3.8) is 0 Å². The lowest BCUT2D eigenvalue weighted by atomic mass is 10.1. The molecule has 0 saturated carbocycles. The third-order valence-electron chi connectivity index (χ3n) is 1.79. The maximum Gasteiger partial charge on any atom is 0.417 e. The number of nitrogens with zero attached hydrogens (tertiary/aromatic N) is 1. The second kappa shape index (κ2) is 4.83. The first kappa shape index (κ1) is 13.6. The fourth-order valence-corrected chi connectivity index (χ4v) is 1.83. The van der Waals surface area contributed by atoms with Crippen LogP contribution in [-0.4, -0.2) is 4.98 Å². The Hall–Kier alpha value is -0.430. The Labute approximate surface area is 101 Å². The van der Waals surface area contributed by atoms with Gasteiger partial charge in [-0.15, -0.1) is 0 Å². The minimum absolute atomic E-state index is 0.230. The van der Waals surface area contributed by atoms with E-state index >= 15 is 0 Å². The van der Waals surface area contributed by atoms with E-state index in [1.165, 1.54) is 0 Å². The molecule has 8 heteroatoms. The van der Waals surface area contributed by atoms with Gasteiger partial charge in [-0.25, -0.2) is 13.8 Å². The lowest BCUT2D eigenvalue weighted by Gasteiger charge is -2.16. The number of hydrogen-bond acceptors (Lipinski definition) is 1. The molecule has 0 aliphatic heterocycles. The first-order valence-electron chi connectivity index (χ1n) is 3.87. The van der Waals surface area contributed by atoms with Crippen molar-refractivity contribution in [1.82, 2.24) is 4.98 Å². The Balaban J connectivity index is 3.56. The average Bonchev–Trinajstić information content (AvgIpc) is 2.15. The highest BCUT2D eigenvalue weighted by molar-refractivity contribution is 9.08. The number of rotatable bonds is 2. The van der Waals surface area contributed by atoms with Gasteiger partial charge < -0.3 is 0 Å². The Morgan fingerprint density at radius 2 is 1.94 bits per heavy atom. The molecule has 0 aliphatic rings. The van der Waals surface area contributed by atoms with Crippen LogP contribution in [0.4, 0.5) is 22.0 Å². The van der Waals surface area contributed by atoms with Crippen LogP contribution in [-0.2, 0) is 11.5 Å². The van der Waals surface area contributed by atoms with Crippen molar-refractivity contribution in [2.45, 2.75) is 17.9 Å². The molecule has 1 aromatic rings. The summed E-state index contributed by atoms with van der Waals surface area (Å²) in [5.41, 5.74) is -3.06. The highest BCUT2D eigenvalue weighted by Gasteiger charge is 2.39. The van der Waals surface area contributed by atoms with Gasteiger partial charge in [0, 0.05) is 11.5 Å². The van der Waals surface area contributed by atoms with Crippen molar-refractivity contribution in [1.29, 1.82) is 0 Å². The predicted molar refractivity (Wildman–Crippen MR) is 51.8 cm³/mol. The molecule has 0 bridgehead atoms. The summed E-state index contributed by atoms with van der Waals surface area (Å²) in [6.45, 7) is 0. The van der Waals surface area contributed by atoms with E-state index < -0.39 is 28.9 Å². The Kier molecular flexibility index (Phi) is 4.12. The van der Waals surface area contributed by atoms with Gasteiger partial charge in [0.2, 0.25) is 0 Å². The summed E-state index contributed by atoms with van der Waals surface area (Å²) in [6, 6.07) is 0. The smallest absolute Gasteiger partial charge is 0.244 e. The number of aromatic nitrogens is 1. The summed E-state index contributed by atoms with van der Waals surface area (Å²) >= 11 is 8.03. The first-order chi connectivity index (χ1) is 7.29. The van der Waals surface area contributed by atoms with Crippen LogP contribution >= 0.6 is 27.5 Å². The van der Waals surface area contributed by atoms with Gasteiger partial charge in [0.05, 0.1) is 11.1 Å². The van der Waals surface area contributed by atoms with Gasteiger partial charge in [0.1, 0.15) is 5.15 Å². The molecule has 0 radical (unpaired) electrons. The van der Waals surface area contributed by atoms with Crippen molar-refractivity contribution < 1.29 is 22.0 Å². The Morgan fingerprint density at radius 1 is 1.38 bits per heavy atom. The standard InChI is InChI=1S/C8H4BrClF5N/c9-1-3-2-16-6(10)4(7(11)12)5(3)8(13,14)15/h2,7H,1H2. The quantitative estimate of drug-likeness (QED) is 0.440. The molecular weight excluding hydrogens is 320 g/mol. The van der Waals surface area contributed by atoms with E-state index in [1.807, 2.05) is 0 Å². The molecule has 0 spiro atoms. The van der Waals surface area contributed by atoms with Crippen LogP contribution in [0.2, 0.25) is 5.15 Å². The zero-order chi connectivity index (χ0) is 12.5. The van der Waals surface area contributed by atoms with E-state index in [9.17, 15) is 22.0 Å². The highest BCUT2D eigenvalue weighted by atomic mass is 79.9. The van der Waals surface area contributed by atoms with Gasteiger partial charge in [0.25, 0.3) is 6.43 Å². The molecule has 0 N–H and O–H groups in total. The fraction of sp³-hybridized carbons (Fsp3) is 0.375. The predicted octanol–water partition coefficient (Wildman–Crippen LogP) is 4.59. The van der Waals surface area contributed by atoms with Gasteiger partial charge in [0.15, 0.2) is 0 Å². The van der Waals surface area contributed by atoms with Crippen LogP contribution in [0.1, 0.15) is 23.1 Å². The van der Waals surface area contributed by atoms with Gasteiger partial charge in [-0.1, -0.05) is 27.5 Å². The molecule has 16 heavy (non-hydrogen) atoms. The fourth-order valence-electron chi connectivity index (χ4n) is 1.18. The van der Waals surface area contributed by atoms with E-state index in [0.29, 0.717) is 0 Å². The normalized spacial score (nSPS) is 12.2. The van der Waals surface area contributed by atoms with Crippen molar-refractivity contribution in [3.05, 3.63) is 28.0 Å². The summed E-state index contributed by atoms with van der Waals surface area (Å²) < 4.78 is 62.8. The Morgan fingerprint density at radius 3 is 2.31 bits per heavy atom. The molecule has 0 unspecified atom stereocenters. The van der Waals surface area contributed by atoms with E-state index in [-0.39, 0.29) is 10.9 Å². The molecular formula is C8H4BrClF5N. The molecule has 0 atom stereocenters. The molecule has 0 saturated heterocycles. The summed E-state index contributed by atoms with van der Waals surface area (Å²) in [4.78, 5) is 3.30. The molecule has 90 valence electrons. The molecule has 1 nitrogen and oxygen atoms in total. The van der Waals surface area contributed by atoms with Crippen LogP contribution < -0.4 is 0 Å². The van der Waals surface area contributed by atoms with Crippen LogP contribution in [0.3, 0.4) is 0 Å². The van der Waals surface area contributed by atoms with E-state index in [2.05, 4.69) is 20.9 Å². The van der Waals surface area contributed by atoms with Crippen LogP contribution in [0.5, 0.6) is 0 Å². The number of alkyl halides is 6. The maximum atomic E-state index is 12.6. The topological polar surface area (TPSA) is 12.9 Å². The number of halogens is 7. The third kappa shape index (κ3) is 2.63.